The van der Waals surface area contributed by atoms with E-state index in [0.29, 0.717) is 15.2 Å². The van der Waals surface area contributed by atoms with Crippen LogP contribution in [0, 0.1) is 0 Å². The van der Waals surface area contributed by atoms with E-state index in [1.807, 2.05) is 24.3 Å². The summed E-state index contributed by atoms with van der Waals surface area (Å²) in [6.07, 6.45) is 1.14. The SMILES string of the molecule is COc1ccc(Nc2nnc(SCC(=O)Nc3ccc(S(C)(=O)=O)cc3)s2)cc1. The van der Waals surface area contributed by atoms with E-state index in [0.717, 1.165) is 17.7 Å². The molecule has 11 heteroatoms. The number of carbonyl (C=O) groups excluding carboxylic acids is 1. The number of benzene rings is 2. The van der Waals surface area contributed by atoms with Crippen LogP contribution in [0.1, 0.15) is 0 Å². The van der Waals surface area contributed by atoms with Crippen LogP contribution >= 0.6 is 23.1 Å². The van der Waals surface area contributed by atoms with Crippen LogP contribution in [0.5, 0.6) is 5.75 Å². The summed E-state index contributed by atoms with van der Waals surface area (Å²) >= 11 is 2.61. The van der Waals surface area contributed by atoms with Crippen LogP contribution in [0.2, 0.25) is 0 Å². The lowest BCUT2D eigenvalue weighted by Gasteiger charge is -2.05. The number of amides is 1. The van der Waals surface area contributed by atoms with E-state index in [1.165, 1.54) is 35.2 Å². The molecule has 0 bridgehead atoms. The maximum absolute atomic E-state index is 12.1. The van der Waals surface area contributed by atoms with Gasteiger partial charge in [-0.2, -0.15) is 0 Å². The van der Waals surface area contributed by atoms with Crippen molar-refractivity contribution >= 4 is 55.3 Å². The summed E-state index contributed by atoms with van der Waals surface area (Å²) in [7, 11) is -1.65. The highest BCUT2D eigenvalue weighted by Gasteiger charge is 2.10. The Balaban J connectivity index is 1.50. The second-order valence-electron chi connectivity index (χ2n) is 5.86. The van der Waals surface area contributed by atoms with E-state index in [-0.39, 0.29) is 16.6 Å². The van der Waals surface area contributed by atoms with Gasteiger partial charge in [0.15, 0.2) is 14.2 Å². The van der Waals surface area contributed by atoms with Crippen molar-refractivity contribution in [2.24, 2.45) is 0 Å². The third-order valence-electron chi connectivity index (χ3n) is 3.64. The summed E-state index contributed by atoms with van der Waals surface area (Å²) in [5.74, 6) is 0.702. The molecule has 0 aliphatic carbocycles. The lowest BCUT2D eigenvalue weighted by Crippen LogP contribution is -2.14. The summed E-state index contributed by atoms with van der Waals surface area (Å²) < 4.78 is 28.7. The fourth-order valence-electron chi connectivity index (χ4n) is 2.23. The highest BCUT2D eigenvalue weighted by molar-refractivity contribution is 8.01. The van der Waals surface area contributed by atoms with E-state index in [2.05, 4.69) is 20.8 Å². The number of anilines is 3. The van der Waals surface area contributed by atoms with Crippen molar-refractivity contribution in [3.8, 4) is 5.75 Å². The fraction of sp³-hybridized carbons (Fsp3) is 0.167. The molecule has 8 nitrogen and oxygen atoms in total. The first-order valence-electron chi connectivity index (χ1n) is 8.31. The maximum Gasteiger partial charge on any atom is 0.234 e. The summed E-state index contributed by atoms with van der Waals surface area (Å²) in [4.78, 5) is 12.3. The van der Waals surface area contributed by atoms with E-state index in [4.69, 9.17) is 4.74 Å². The molecule has 152 valence electrons. The lowest BCUT2D eigenvalue weighted by molar-refractivity contribution is -0.113. The molecule has 0 unspecified atom stereocenters. The van der Waals surface area contributed by atoms with Gasteiger partial charge in [0.2, 0.25) is 11.0 Å². The quantitative estimate of drug-likeness (QED) is 0.502. The number of carbonyl (C=O) groups is 1. The minimum absolute atomic E-state index is 0.158. The molecule has 0 aliphatic heterocycles. The van der Waals surface area contributed by atoms with Crippen LogP contribution in [-0.4, -0.2) is 43.6 Å². The fourth-order valence-corrected chi connectivity index (χ4v) is 4.43. The van der Waals surface area contributed by atoms with Crippen molar-refractivity contribution in [1.82, 2.24) is 10.2 Å². The molecule has 29 heavy (non-hydrogen) atoms. The first kappa shape index (κ1) is 21.1. The Morgan fingerprint density at radius 3 is 2.34 bits per heavy atom. The van der Waals surface area contributed by atoms with Gasteiger partial charge in [0, 0.05) is 17.6 Å². The molecule has 0 radical (unpaired) electrons. The molecule has 1 aromatic heterocycles. The van der Waals surface area contributed by atoms with E-state index < -0.39 is 9.84 Å². The average Bonchev–Trinajstić information content (AvgIpc) is 3.14. The molecule has 0 saturated heterocycles. The van der Waals surface area contributed by atoms with Crippen LogP contribution in [0.4, 0.5) is 16.5 Å². The van der Waals surface area contributed by atoms with Crippen molar-refractivity contribution in [1.29, 1.82) is 0 Å². The zero-order chi connectivity index (χ0) is 20.9. The third-order valence-corrected chi connectivity index (χ3v) is 6.74. The number of methoxy groups -OCH3 is 1. The van der Waals surface area contributed by atoms with E-state index in [9.17, 15) is 13.2 Å². The van der Waals surface area contributed by atoms with Gasteiger partial charge < -0.3 is 15.4 Å². The van der Waals surface area contributed by atoms with Gasteiger partial charge in [0.05, 0.1) is 17.8 Å². The molecule has 0 atom stereocenters. The predicted molar refractivity (Wildman–Crippen MR) is 115 cm³/mol. The molecule has 0 aliphatic rings. The molecule has 3 rings (SSSR count). The molecular weight excluding hydrogens is 432 g/mol. The van der Waals surface area contributed by atoms with Crippen molar-refractivity contribution < 1.29 is 17.9 Å². The second-order valence-corrected chi connectivity index (χ2v) is 10.1. The predicted octanol–water partition coefficient (Wildman–Crippen LogP) is 3.42. The van der Waals surface area contributed by atoms with Crippen LogP contribution in [0.15, 0.2) is 57.8 Å². The number of rotatable bonds is 8. The van der Waals surface area contributed by atoms with E-state index >= 15 is 0 Å². The van der Waals surface area contributed by atoms with Gasteiger partial charge in [-0.3, -0.25) is 4.79 Å². The van der Waals surface area contributed by atoms with E-state index in [1.54, 1.807) is 19.2 Å². The summed E-state index contributed by atoms with van der Waals surface area (Å²) in [6, 6.07) is 13.4. The topological polar surface area (TPSA) is 110 Å². The van der Waals surface area contributed by atoms with Crippen molar-refractivity contribution in [3.05, 3.63) is 48.5 Å². The van der Waals surface area contributed by atoms with Crippen LogP contribution in [0.25, 0.3) is 0 Å². The van der Waals surface area contributed by atoms with Gasteiger partial charge in [-0.15, -0.1) is 10.2 Å². The second kappa shape index (κ2) is 9.25. The maximum atomic E-state index is 12.1. The lowest BCUT2D eigenvalue weighted by atomic mass is 10.3. The average molecular weight is 451 g/mol. The largest absolute Gasteiger partial charge is 0.497 e. The Labute approximate surface area is 176 Å². The van der Waals surface area contributed by atoms with Gasteiger partial charge in [0.25, 0.3) is 0 Å². The number of thioether (sulfide) groups is 1. The van der Waals surface area contributed by atoms with Gasteiger partial charge in [-0.05, 0) is 48.5 Å². The van der Waals surface area contributed by atoms with Gasteiger partial charge in [-0.25, -0.2) is 8.42 Å². The molecule has 2 N–H and O–H groups in total. The molecular formula is C18H18N4O4S3. The first-order chi connectivity index (χ1) is 13.8. The highest BCUT2D eigenvalue weighted by atomic mass is 32.2. The number of sulfone groups is 1. The number of aromatic nitrogens is 2. The van der Waals surface area contributed by atoms with Gasteiger partial charge >= 0.3 is 0 Å². The molecule has 0 fully saturated rings. The Hall–Kier alpha value is -2.63. The van der Waals surface area contributed by atoms with Crippen LogP contribution < -0.4 is 15.4 Å². The smallest absolute Gasteiger partial charge is 0.234 e. The zero-order valence-electron chi connectivity index (χ0n) is 15.6. The van der Waals surface area contributed by atoms with Crippen LogP contribution in [-0.2, 0) is 14.6 Å². The molecule has 3 aromatic rings. The van der Waals surface area contributed by atoms with Gasteiger partial charge in [-0.1, -0.05) is 23.1 Å². The Bertz CT molecular complexity index is 1080. The highest BCUT2D eigenvalue weighted by Crippen LogP contribution is 2.28. The Morgan fingerprint density at radius 2 is 1.72 bits per heavy atom. The van der Waals surface area contributed by atoms with Gasteiger partial charge in [0.1, 0.15) is 5.75 Å². The molecule has 1 amide bonds. The third kappa shape index (κ3) is 6.17. The monoisotopic (exact) mass is 450 g/mol. The number of hydrogen-bond acceptors (Lipinski definition) is 9. The number of hydrogen-bond donors (Lipinski definition) is 2. The standard InChI is InChI=1S/C18H18N4O4S3/c1-26-14-7-3-13(4-8-14)20-17-21-22-18(28-17)27-11-16(23)19-12-5-9-15(10-6-12)29(2,24)25/h3-10H,11H2,1-2H3,(H,19,23)(H,20,21). The summed E-state index contributed by atoms with van der Waals surface area (Å²) in [5, 5.41) is 14.6. The van der Waals surface area contributed by atoms with Crippen molar-refractivity contribution in [2.75, 3.05) is 29.8 Å². The number of nitrogens with zero attached hydrogens (tertiary/aromatic N) is 2. The van der Waals surface area contributed by atoms with Crippen molar-refractivity contribution in [2.45, 2.75) is 9.24 Å². The normalized spacial score (nSPS) is 11.1. The minimum Gasteiger partial charge on any atom is -0.497 e. The Kier molecular flexibility index (Phi) is 6.72. The molecule has 0 spiro atoms. The number of nitrogens with one attached hydrogen (secondary N) is 2. The summed E-state index contributed by atoms with van der Waals surface area (Å²) in [5.41, 5.74) is 1.39. The van der Waals surface area contributed by atoms with Crippen LogP contribution in [0.3, 0.4) is 0 Å². The molecule has 1 heterocycles. The zero-order valence-corrected chi connectivity index (χ0v) is 18.0. The minimum atomic E-state index is -3.26. The summed E-state index contributed by atoms with van der Waals surface area (Å²) in [6.45, 7) is 0. The molecule has 2 aromatic carbocycles. The van der Waals surface area contributed by atoms with Crippen molar-refractivity contribution in [3.63, 3.8) is 0 Å². The Morgan fingerprint density at radius 1 is 1.07 bits per heavy atom. The molecule has 0 saturated carbocycles. The number of ether oxygens (including phenoxy) is 1. The first-order valence-corrected chi connectivity index (χ1v) is 12.0.